The predicted octanol–water partition coefficient (Wildman–Crippen LogP) is 3.56. The van der Waals surface area contributed by atoms with Crippen molar-refractivity contribution < 1.29 is 14.3 Å². The van der Waals surface area contributed by atoms with E-state index in [1.165, 1.54) is 5.56 Å². The zero-order valence-corrected chi connectivity index (χ0v) is 16.2. The highest BCUT2D eigenvalue weighted by atomic mass is 16.5. The number of carbonyl (C=O) groups is 2. The van der Waals surface area contributed by atoms with E-state index in [0.717, 1.165) is 11.3 Å². The normalized spacial score (nSPS) is 11.1. The van der Waals surface area contributed by atoms with Gasteiger partial charge in [-0.3, -0.25) is 9.59 Å². The summed E-state index contributed by atoms with van der Waals surface area (Å²) >= 11 is 0. The molecule has 0 radical (unpaired) electrons. The Kier molecular flexibility index (Phi) is 6.99. The number of benzene rings is 2. The van der Waals surface area contributed by atoms with E-state index >= 15 is 0 Å². The molecule has 5 heteroatoms. The molecule has 0 atom stereocenters. The van der Waals surface area contributed by atoms with Gasteiger partial charge in [0.1, 0.15) is 5.75 Å². The smallest absolute Gasteiger partial charge is 0.248 e. The van der Waals surface area contributed by atoms with Crippen molar-refractivity contribution in [3.8, 4) is 5.75 Å². The highest BCUT2D eigenvalue weighted by Gasteiger charge is 2.13. The van der Waals surface area contributed by atoms with E-state index in [9.17, 15) is 9.59 Å². The number of nitrogens with two attached hydrogens (primary N) is 1. The molecule has 0 unspecified atom stereocenters. The van der Waals surface area contributed by atoms with Crippen LogP contribution in [0.3, 0.4) is 0 Å². The maximum absolute atomic E-state index is 11.9. The fourth-order valence-corrected chi connectivity index (χ4v) is 2.60. The van der Waals surface area contributed by atoms with Crippen LogP contribution >= 0.6 is 0 Å². The van der Waals surface area contributed by atoms with Gasteiger partial charge < -0.3 is 15.8 Å². The second-order valence-electron chi connectivity index (χ2n) is 7.57. The molecular formula is C22H28N2O3. The lowest BCUT2D eigenvalue weighted by Gasteiger charge is -2.19. The second-order valence-corrected chi connectivity index (χ2v) is 7.57. The Balaban J connectivity index is 1.69. The zero-order chi connectivity index (χ0) is 19.9. The molecule has 0 aromatic heterocycles. The van der Waals surface area contributed by atoms with Crippen LogP contribution < -0.4 is 15.8 Å². The van der Waals surface area contributed by atoms with E-state index in [0.29, 0.717) is 31.6 Å². The van der Waals surface area contributed by atoms with Gasteiger partial charge >= 0.3 is 0 Å². The number of hydrogen-bond donors (Lipinski definition) is 2. The largest absolute Gasteiger partial charge is 0.494 e. The molecule has 5 nitrogen and oxygen atoms in total. The highest BCUT2D eigenvalue weighted by Crippen LogP contribution is 2.24. The number of nitrogens with one attached hydrogen (secondary N) is 1. The molecule has 0 aliphatic rings. The SMILES string of the molecule is CC(C)(C)c1ccc(OCCCC(=O)NCc2cccc(C(N)=O)c2)cc1. The minimum atomic E-state index is -0.476. The first-order chi connectivity index (χ1) is 12.8. The van der Waals surface area contributed by atoms with Gasteiger partial charge in [0.15, 0.2) is 0 Å². The standard InChI is InChI=1S/C22H28N2O3/c1-22(2,3)18-9-11-19(12-10-18)27-13-5-8-20(25)24-15-16-6-4-7-17(14-16)21(23)26/h4,6-7,9-12,14H,5,8,13,15H2,1-3H3,(H2,23,26)(H,24,25). The molecular weight excluding hydrogens is 340 g/mol. The van der Waals surface area contributed by atoms with Crippen LogP contribution in [0.25, 0.3) is 0 Å². The Labute approximate surface area is 160 Å². The lowest BCUT2D eigenvalue weighted by molar-refractivity contribution is -0.121. The van der Waals surface area contributed by atoms with Crippen molar-refractivity contribution in [2.75, 3.05) is 6.61 Å². The van der Waals surface area contributed by atoms with Crippen LogP contribution in [0.1, 0.15) is 55.1 Å². The summed E-state index contributed by atoms with van der Waals surface area (Å²) in [6, 6.07) is 15.0. The number of ether oxygens (including phenoxy) is 1. The van der Waals surface area contributed by atoms with Gasteiger partial charge in [-0.2, -0.15) is 0 Å². The first-order valence-electron chi connectivity index (χ1n) is 9.14. The Bertz CT molecular complexity index is 777. The van der Waals surface area contributed by atoms with Crippen LogP contribution in [0.2, 0.25) is 0 Å². The van der Waals surface area contributed by atoms with Crippen molar-refractivity contribution in [3.63, 3.8) is 0 Å². The summed E-state index contributed by atoms with van der Waals surface area (Å²) < 4.78 is 5.70. The van der Waals surface area contributed by atoms with Crippen LogP contribution in [0.15, 0.2) is 48.5 Å². The van der Waals surface area contributed by atoms with Crippen molar-refractivity contribution in [2.24, 2.45) is 5.73 Å². The van der Waals surface area contributed by atoms with Crippen molar-refractivity contribution in [1.29, 1.82) is 0 Å². The zero-order valence-electron chi connectivity index (χ0n) is 16.2. The Morgan fingerprint density at radius 3 is 2.41 bits per heavy atom. The van der Waals surface area contributed by atoms with Gasteiger partial charge in [0.05, 0.1) is 6.61 Å². The molecule has 2 amide bonds. The monoisotopic (exact) mass is 368 g/mol. The Morgan fingerprint density at radius 2 is 1.78 bits per heavy atom. The lowest BCUT2D eigenvalue weighted by atomic mass is 9.87. The summed E-state index contributed by atoms with van der Waals surface area (Å²) in [5.41, 5.74) is 7.91. The molecule has 0 aliphatic heterocycles. The van der Waals surface area contributed by atoms with E-state index in [1.807, 2.05) is 18.2 Å². The van der Waals surface area contributed by atoms with Gasteiger partial charge in [0.25, 0.3) is 0 Å². The lowest BCUT2D eigenvalue weighted by Crippen LogP contribution is -2.23. The van der Waals surface area contributed by atoms with Crippen molar-refractivity contribution in [1.82, 2.24) is 5.32 Å². The molecule has 2 rings (SSSR count). The highest BCUT2D eigenvalue weighted by molar-refractivity contribution is 5.92. The molecule has 0 saturated carbocycles. The van der Waals surface area contributed by atoms with Gasteiger partial charge in [-0.05, 0) is 47.2 Å². The van der Waals surface area contributed by atoms with Crippen LogP contribution in [0, 0.1) is 0 Å². The molecule has 144 valence electrons. The molecule has 0 heterocycles. The molecule has 2 aromatic rings. The van der Waals surface area contributed by atoms with Crippen molar-refractivity contribution >= 4 is 11.8 Å². The average molecular weight is 368 g/mol. The molecule has 27 heavy (non-hydrogen) atoms. The van der Waals surface area contributed by atoms with Crippen LogP contribution in [-0.2, 0) is 16.8 Å². The third kappa shape index (κ3) is 6.77. The van der Waals surface area contributed by atoms with E-state index in [-0.39, 0.29) is 11.3 Å². The summed E-state index contributed by atoms with van der Waals surface area (Å²) in [4.78, 5) is 23.1. The molecule has 3 N–H and O–H groups in total. The van der Waals surface area contributed by atoms with Crippen molar-refractivity contribution in [2.45, 2.75) is 45.6 Å². The predicted molar refractivity (Wildman–Crippen MR) is 107 cm³/mol. The number of rotatable bonds is 8. The third-order valence-electron chi connectivity index (χ3n) is 4.24. The first-order valence-corrected chi connectivity index (χ1v) is 9.14. The number of amides is 2. The number of primary amides is 1. The van der Waals surface area contributed by atoms with Crippen LogP contribution in [0.4, 0.5) is 0 Å². The molecule has 0 saturated heterocycles. The van der Waals surface area contributed by atoms with Gasteiger partial charge in [0.2, 0.25) is 11.8 Å². The van der Waals surface area contributed by atoms with Crippen LogP contribution in [0.5, 0.6) is 5.75 Å². The second kappa shape index (κ2) is 9.21. The third-order valence-corrected chi connectivity index (χ3v) is 4.24. The summed E-state index contributed by atoms with van der Waals surface area (Å²) in [5, 5.41) is 2.84. The van der Waals surface area contributed by atoms with Gasteiger partial charge in [-0.25, -0.2) is 0 Å². The first kappa shape index (κ1) is 20.5. The average Bonchev–Trinajstić information content (AvgIpc) is 2.63. The Hall–Kier alpha value is -2.82. The molecule has 0 aliphatic carbocycles. The van der Waals surface area contributed by atoms with E-state index < -0.39 is 5.91 Å². The summed E-state index contributed by atoms with van der Waals surface area (Å²) in [7, 11) is 0. The van der Waals surface area contributed by atoms with Crippen molar-refractivity contribution in [3.05, 3.63) is 65.2 Å². The van der Waals surface area contributed by atoms with E-state index in [1.54, 1.807) is 18.2 Å². The maximum Gasteiger partial charge on any atom is 0.248 e. The molecule has 2 aromatic carbocycles. The fourth-order valence-electron chi connectivity index (χ4n) is 2.60. The quantitative estimate of drug-likeness (QED) is 0.699. The van der Waals surface area contributed by atoms with Gasteiger partial charge in [-0.15, -0.1) is 0 Å². The van der Waals surface area contributed by atoms with E-state index in [2.05, 4.69) is 38.2 Å². The maximum atomic E-state index is 11.9. The topological polar surface area (TPSA) is 81.4 Å². The van der Waals surface area contributed by atoms with Crippen LogP contribution in [-0.4, -0.2) is 18.4 Å². The summed E-state index contributed by atoms with van der Waals surface area (Å²) in [6.07, 6.45) is 1.02. The minimum Gasteiger partial charge on any atom is -0.494 e. The number of carbonyl (C=O) groups excluding carboxylic acids is 2. The molecule has 0 fully saturated rings. The minimum absolute atomic E-state index is 0.0499. The number of hydrogen-bond acceptors (Lipinski definition) is 3. The van der Waals surface area contributed by atoms with Gasteiger partial charge in [-0.1, -0.05) is 45.0 Å². The summed E-state index contributed by atoms with van der Waals surface area (Å²) in [6.45, 7) is 7.37. The van der Waals surface area contributed by atoms with Gasteiger partial charge in [0, 0.05) is 18.5 Å². The van der Waals surface area contributed by atoms with E-state index in [4.69, 9.17) is 10.5 Å². The Morgan fingerprint density at radius 1 is 1.07 bits per heavy atom. The summed E-state index contributed by atoms with van der Waals surface area (Å²) in [5.74, 6) is 0.286. The molecule has 0 spiro atoms. The fraction of sp³-hybridized carbons (Fsp3) is 0.364. The molecule has 0 bridgehead atoms.